The Balaban J connectivity index is 1.42. The molecule has 6 heteroatoms. The van der Waals surface area contributed by atoms with Gasteiger partial charge in [-0.25, -0.2) is 0 Å². The first-order valence-corrected chi connectivity index (χ1v) is 10.7. The fraction of sp³-hybridized carbons (Fsp3) is 0.522. The minimum atomic E-state index is 0.251. The molecule has 2 aromatic rings. The average molecular weight is 398 g/mol. The molecule has 0 radical (unpaired) electrons. The molecule has 1 aliphatic heterocycles. The van der Waals surface area contributed by atoms with E-state index < -0.39 is 0 Å². The molecular weight excluding hydrogens is 362 g/mol. The monoisotopic (exact) mass is 397 g/mol. The number of nitrogens with one attached hydrogen (secondary N) is 2. The van der Waals surface area contributed by atoms with Crippen LogP contribution in [-0.2, 0) is 6.42 Å². The molecule has 1 unspecified atom stereocenters. The third kappa shape index (κ3) is 6.26. The molecule has 2 heterocycles. The van der Waals surface area contributed by atoms with Gasteiger partial charge < -0.3 is 20.0 Å². The second-order valence-electron chi connectivity index (χ2n) is 7.82. The second kappa shape index (κ2) is 10.9. The van der Waals surface area contributed by atoms with Crippen LogP contribution in [0, 0.1) is 0 Å². The van der Waals surface area contributed by atoms with Crippen molar-refractivity contribution in [3.63, 3.8) is 0 Å². The fourth-order valence-corrected chi connectivity index (χ4v) is 3.82. The van der Waals surface area contributed by atoms with Crippen molar-refractivity contribution in [3.05, 3.63) is 54.0 Å². The molecule has 1 aromatic carbocycles. The first-order chi connectivity index (χ1) is 14.2. The summed E-state index contributed by atoms with van der Waals surface area (Å²) < 4.78 is 5.70. The number of benzene rings is 1. The summed E-state index contributed by atoms with van der Waals surface area (Å²) in [6.07, 6.45) is 6.41. The van der Waals surface area contributed by atoms with Crippen molar-refractivity contribution in [2.75, 3.05) is 52.2 Å². The lowest BCUT2D eigenvalue weighted by atomic mass is 10.1. The number of aliphatic imine (C=N–C) groups is 1. The summed E-state index contributed by atoms with van der Waals surface area (Å²) in [6.45, 7) is 3.95. The minimum absolute atomic E-state index is 0.251. The molecule has 0 saturated carbocycles. The van der Waals surface area contributed by atoms with Gasteiger partial charge in [-0.15, -0.1) is 0 Å². The number of rotatable bonds is 9. The van der Waals surface area contributed by atoms with E-state index in [-0.39, 0.29) is 6.04 Å². The number of aryl methyl sites for hydroxylation is 1. The molecule has 0 spiro atoms. The van der Waals surface area contributed by atoms with Gasteiger partial charge in [-0.2, -0.15) is 0 Å². The largest absolute Gasteiger partial charge is 0.468 e. The van der Waals surface area contributed by atoms with E-state index in [4.69, 9.17) is 4.42 Å². The lowest BCUT2D eigenvalue weighted by Crippen LogP contribution is -2.42. The molecule has 1 atom stereocenters. The molecule has 0 aliphatic carbocycles. The third-order valence-electron chi connectivity index (χ3n) is 5.53. The lowest BCUT2D eigenvalue weighted by Gasteiger charge is -2.26. The number of hydrogen-bond donors (Lipinski definition) is 2. The number of hydrogen-bond acceptors (Lipinski definition) is 4. The van der Waals surface area contributed by atoms with Crippen molar-refractivity contribution < 1.29 is 4.42 Å². The van der Waals surface area contributed by atoms with Gasteiger partial charge in [0.1, 0.15) is 5.76 Å². The summed E-state index contributed by atoms with van der Waals surface area (Å²) in [4.78, 5) is 9.00. The lowest BCUT2D eigenvalue weighted by molar-refractivity contribution is 0.215. The third-order valence-corrected chi connectivity index (χ3v) is 5.53. The number of guanidine groups is 1. The Morgan fingerprint density at radius 2 is 1.90 bits per heavy atom. The summed E-state index contributed by atoms with van der Waals surface area (Å²) in [6, 6.07) is 13.1. The van der Waals surface area contributed by atoms with Crippen LogP contribution >= 0.6 is 0 Å². The molecule has 1 aromatic heterocycles. The molecule has 2 N–H and O–H groups in total. The van der Waals surface area contributed by atoms with Gasteiger partial charge in [0, 0.05) is 39.9 Å². The van der Waals surface area contributed by atoms with Crippen molar-refractivity contribution >= 4 is 11.6 Å². The minimum Gasteiger partial charge on any atom is -0.468 e. The van der Waals surface area contributed by atoms with E-state index >= 15 is 0 Å². The molecule has 3 rings (SSSR count). The van der Waals surface area contributed by atoms with E-state index in [2.05, 4.69) is 69.9 Å². The number of nitrogens with zero attached hydrogens (tertiary/aromatic N) is 3. The number of anilines is 1. The van der Waals surface area contributed by atoms with Crippen LogP contribution in [0.5, 0.6) is 0 Å². The summed E-state index contributed by atoms with van der Waals surface area (Å²) in [7, 11) is 5.96. The molecule has 6 nitrogen and oxygen atoms in total. The predicted molar refractivity (Wildman–Crippen MR) is 121 cm³/mol. The molecule has 1 saturated heterocycles. The van der Waals surface area contributed by atoms with Crippen molar-refractivity contribution in [2.24, 2.45) is 4.99 Å². The molecule has 158 valence electrons. The highest BCUT2D eigenvalue weighted by Crippen LogP contribution is 2.24. The van der Waals surface area contributed by atoms with Crippen LogP contribution in [0.2, 0.25) is 0 Å². The molecular formula is C23H35N5O. The van der Waals surface area contributed by atoms with Gasteiger partial charge in [-0.3, -0.25) is 9.89 Å². The zero-order chi connectivity index (χ0) is 20.5. The maximum Gasteiger partial charge on any atom is 0.191 e. The zero-order valence-corrected chi connectivity index (χ0v) is 18.0. The average Bonchev–Trinajstić information content (AvgIpc) is 3.45. The van der Waals surface area contributed by atoms with Crippen molar-refractivity contribution in [1.29, 1.82) is 0 Å². The Morgan fingerprint density at radius 3 is 2.52 bits per heavy atom. The topological polar surface area (TPSA) is 56.0 Å². The first-order valence-electron chi connectivity index (χ1n) is 10.7. The molecule has 1 fully saturated rings. The fourth-order valence-electron chi connectivity index (χ4n) is 3.82. The van der Waals surface area contributed by atoms with Crippen LogP contribution in [-0.4, -0.2) is 58.2 Å². The van der Waals surface area contributed by atoms with Crippen LogP contribution < -0.4 is 15.5 Å². The summed E-state index contributed by atoms with van der Waals surface area (Å²) in [5.41, 5.74) is 2.60. The van der Waals surface area contributed by atoms with E-state index in [9.17, 15) is 0 Å². The van der Waals surface area contributed by atoms with Crippen molar-refractivity contribution in [2.45, 2.75) is 31.7 Å². The molecule has 29 heavy (non-hydrogen) atoms. The Labute approximate surface area is 175 Å². The van der Waals surface area contributed by atoms with Gasteiger partial charge >= 0.3 is 0 Å². The smallest absolute Gasteiger partial charge is 0.191 e. The molecule has 0 amide bonds. The highest BCUT2D eigenvalue weighted by Gasteiger charge is 2.25. The van der Waals surface area contributed by atoms with Crippen LogP contribution in [0.1, 0.15) is 36.6 Å². The maximum atomic E-state index is 5.70. The van der Waals surface area contributed by atoms with Gasteiger partial charge in [0.25, 0.3) is 0 Å². The highest BCUT2D eigenvalue weighted by atomic mass is 16.3. The second-order valence-corrected chi connectivity index (χ2v) is 7.82. The van der Waals surface area contributed by atoms with Crippen molar-refractivity contribution in [3.8, 4) is 0 Å². The van der Waals surface area contributed by atoms with Crippen molar-refractivity contribution in [1.82, 2.24) is 15.5 Å². The quantitative estimate of drug-likeness (QED) is 0.386. The Morgan fingerprint density at radius 1 is 1.14 bits per heavy atom. The standard InChI is InChI=1S/C23H35N5O/c1-24-23(25-14-6-8-19-10-12-20(13-11-19)27(2)3)26-18-21(22-9-7-17-29-22)28-15-4-5-16-28/h7,9-13,17,21H,4-6,8,14-16,18H2,1-3H3,(H2,24,25,26). The Bertz CT molecular complexity index is 733. The first kappa shape index (κ1) is 21.2. The normalized spacial score (nSPS) is 16.0. The Hall–Kier alpha value is -2.47. The number of likely N-dealkylation sites (tertiary alicyclic amines) is 1. The van der Waals surface area contributed by atoms with Gasteiger partial charge in [0.2, 0.25) is 0 Å². The molecule has 0 bridgehead atoms. The van der Waals surface area contributed by atoms with Crippen LogP contribution in [0.4, 0.5) is 5.69 Å². The van der Waals surface area contributed by atoms with E-state index in [1.165, 1.54) is 24.1 Å². The maximum absolute atomic E-state index is 5.70. The van der Waals surface area contributed by atoms with E-state index in [0.29, 0.717) is 0 Å². The summed E-state index contributed by atoms with van der Waals surface area (Å²) in [5, 5.41) is 6.93. The van der Waals surface area contributed by atoms with Gasteiger partial charge in [0.05, 0.1) is 12.3 Å². The highest BCUT2D eigenvalue weighted by molar-refractivity contribution is 5.79. The summed E-state index contributed by atoms with van der Waals surface area (Å²) in [5.74, 6) is 1.87. The van der Waals surface area contributed by atoms with Crippen LogP contribution in [0.25, 0.3) is 0 Å². The summed E-state index contributed by atoms with van der Waals surface area (Å²) >= 11 is 0. The van der Waals surface area contributed by atoms with E-state index in [1.807, 2.05) is 13.1 Å². The van der Waals surface area contributed by atoms with Gasteiger partial charge in [0.15, 0.2) is 5.96 Å². The number of furan rings is 1. The van der Waals surface area contributed by atoms with Gasteiger partial charge in [-0.1, -0.05) is 12.1 Å². The predicted octanol–water partition coefficient (Wildman–Crippen LogP) is 3.28. The molecule has 1 aliphatic rings. The van der Waals surface area contributed by atoms with Crippen LogP contribution in [0.3, 0.4) is 0 Å². The van der Waals surface area contributed by atoms with Crippen LogP contribution in [0.15, 0.2) is 52.1 Å². The van der Waals surface area contributed by atoms with Gasteiger partial charge in [-0.05, 0) is 68.6 Å². The zero-order valence-electron chi connectivity index (χ0n) is 18.0. The van der Waals surface area contributed by atoms with E-state index in [0.717, 1.165) is 50.7 Å². The van der Waals surface area contributed by atoms with E-state index in [1.54, 1.807) is 6.26 Å². The Kier molecular flexibility index (Phi) is 7.99. The SMILES string of the molecule is CN=C(NCCCc1ccc(N(C)C)cc1)NCC(c1ccco1)N1CCCC1.